The summed E-state index contributed by atoms with van der Waals surface area (Å²) < 4.78 is 23.3. The fraction of sp³-hybridized carbons (Fsp3) is 0.167. The molecule has 1 heterocycles. The van der Waals surface area contributed by atoms with Gasteiger partial charge in [0, 0.05) is 11.4 Å². The summed E-state index contributed by atoms with van der Waals surface area (Å²) in [6.07, 6.45) is 0. The first-order valence-corrected chi connectivity index (χ1v) is 6.33. The summed E-state index contributed by atoms with van der Waals surface area (Å²) in [5, 5.41) is 1.74. The SMILES string of the molecule is CCOC(=O)c1csc(Oc2ccc(N)c(F)c2)n1. The quantitative estimate of drug-likeness (QED) is 0.689. The zero-order valence-corrected chi connectivity index (χ0v) is 10.9. The Labute approximate surface area is 112 Å². The number of nitrogens with two attached hydrogens (primary N) is 1. The van der Waals surface area contributed by atoms with Crippen LogP contribution in [0.15, 0.2) is 23.6 Å². The molecule has 7 heteroatoms. The van der Waals surface area contributed by atoms with E-state index in [-0.39, 0.29) is 28.9 Å². The van der Waals surface area contributed by atoms with Gasteiger partial charge in [0.2, 0.25) is 0 Å². The largest absolute Gasteiger partial charge is 0.461 e. The smallest absolute Gasteiger partial charge is 0.357 e. The number of thiazole rings is 1. The molecule has 19 heavy (non-hydrogen) atoms. The molecular weight excluding hydrogens is 271 g/mol. The highest BCUT2D eigenvalue weighted by atomic mass is 32.1. The van der Waals surface area contributed by atoms with Crippen LogP contribution in [-0.2, 0) is 4.74 Å². The lowest BCUT2D eigenvalue weighted by atomic mass is 10.3. The average molecular weight is 282 g/mol. The number of nitrogen functional groups attached to an aromatic ring is 1. The first-order chi connectivity index (χ1) is 9.10. The van der Waals surface area contributed by atoms with Gasteiger partial charge in [-0.05, 0) is 19.1 Å². The maximum Gasteiger partial charge on any atom is 0.357 e. The number of aromatic nitrogens is 1. The minimum absolute atomic E-state index is 0.0405. The van der Waals surface area contributed by atoms with Gasteiger partial charge in [0.05, 0.1) is 12.3 Å². The normalized spacial score (nSPS) is 10.2. The van der Waals surface area contributed by atoms with Crippen LogP contribution >= 0.6 is 11.3 Å². The fourth-order valence-corrected chi connectivity index (χ4v) is 1.93. The van der Waals surface area contributed by atoms with E-state index in [0.717, 1.165) is 17.4 Å². The Morgan fingerprint density at radius 2 is 2.32 bits per heavy atom. The monoisotopic (exact) mass is 282 g/mol. The van der Waals surface area contributed by atoms with Crippen molar-refractivity contribution in [1.29, 1.82) is 0 Å². The van der Waals surface area contributed by atoms with Gasteiger partial charge in [-0.2, -0.15) is 4.98 Å². The van der Waals surface area contributed by atoms with Crippen molar-refractivity contribution in [2.45, 2.75) is 6.92 Å². The Balaban J connectivity index is 2.11. The number of halogens is 1. The van der Waals surface area contributed by atoms with E-state index in [1.165, 1.54) is 17.5 Å². The van der Waals surface area contributed by atoms with Crippen molar-refractivity contribution in [2.75, 3.05) is 12.3 Å². The Morgan fingerprint density at radius 1 is 1.53 bits per heavy atom. The van der Waals surface area contributed by atoms with Crippen LogP contribution in [-0.4, -0.2) is 17.6 Å². The topological polar surface area (TPSA) is 74.4 Å². The molecule has 0 aliphatic carbocycles. The third kappa shape index (κ3) is 3.19. The molecule has 0 unspecified atom stereocenters. The van der Waals surface area contributed by atoms with Gasteiger partial charge in [0.1, 0.15) is 11.6 Å². The van der Waals surface area contributed by atoms with E-state index in [2.05, 4.69) is 4.98 Å². The number of hydrogen-bond donors (Lipinski definition) is 1. The van der Waals surface area contributed by atoms with Crippen LogP contribution < -0.4 is 10.5 Å². The fourth-order valence-electron chi connectivity index (χ4n) is 1.28. The molecule has 0 atom stereocenters. The molecule has 0 aliphatic heterocycles. The number of benzene rings is 1. The third-order valence-corrected chi connectivity index (χ3v) is 2.86. The van der Waals surface area contributed by atoms with E-state index in [9.17, 15) is 9.18 Å². The van der Waals surface area contributed by atoms with Crippen molar-refractivity contribution in [3.63, 3.8) is 0 Å². The van der Waals surface area contributed by atoms with Crippen molar-refractivity contribution < 1.29 is 18.7 Å². The highest BCUT2D eigenvalue weighted by Gasteiger charge is 2.13. The van der Waals surface area contributed by atoms with Crippen molar-refractivity contribution in [2.24, 2.45) is 0 Å². The number of hydrogen-bond acceptors (Lipinski definition) is 6. The average Bonchev–Trinajstić information content (AvgIpc) is 2.83. The molecule has 1 aromatic heterocycles. The molecule has 0 radical (unpaired) electrons. The standard InChI is InChI=1S/C12H11FN2O3S/c1-2-17-11(16)10-6-19-12(15-10)18-7-3-4-9(14)8(13)5-7/h3-6H,2,14H2,1H3. The molecule has 0 bridgehead atoms. The summed E-state index contributed by atoms with van der Waals surface area (Å²) in [5.41, 5.74) is 5.56. The summed E-state index contributed by atoms with van der Waals surface area (Å²) in [4.78, 5) is 15.3. The molecule has 100 valence electrons. The number of ether oxygens (including phenoxy) is 2. The molecule has 1 aromatic carbocycles. The van der Waals surface area contributed by atoms with Gasteiger partial charge in [-0.25, -0.2) is 9.18 Å². The second kappa shape index (κ2) is 5.66. The predicted octanol–water partition coefficient (Wildman–Crippen LogP) is 2.83. The first-order valence-electron chi connectivity index (χ1n) is 5.45. The maximum absolute atomic E-state index is 13.2. The minimum Gasteiger partial charge on any atom is -0.461 e. The number of carbonyl (C=O) groups excluding carboxylic acids is 1. The van der Waals surface area contributed by atoms with Crippen molar-refractivity contribution in [3.05, 3.63) is 35.1 Å². The van der Waals surface area contributed by atoms with Crippen molar-refractivity contribution in [3.8, 4) is 10.9 Å². The molecule has 0 fully saturated rings. The summed E-state index contributed by atoms with van der Waals surface area (Å²) in [6, 6.07) is 4.06. The lowest BCUT2D eigenvalue weighted by molar-refractivity contribution is 0.0520. The lowest BCUT2D eigenvalue weighted by Crippen LogP contribution is -2.04. The third-order valence-electron chi connectivity index (χ3n) is 2.14. The van der Waals surface area contributed by atoms with E-state index in [0.29, 0.717) is 0 Å². The molecule has 2 N–H and O–H groups in total. The number of esters is 1. The second-order valence-corrected chi connectivity index (χ2v) is 4.33. The van der Waals surface area contributed by atoms with Gasteiger partial charge in [-0.3, -0.25) is 0 Å². The summed E-state index contributed by atoms with van der Waals surface area (Å²) >= 11 is 1.12. The van der Waals surface area contributed by atoms with Crippen LogP contribution in [0.25, 0.3) is 0 Å². The molecule has 0 saturated heterocycles. The number of nitrogens with zero attached hydrogens (tertiary/aromatic N) is 1. The minimum atomic E-state index is -0.570. The predicted molar refractivity (Wildman–Crippen MR) is 69.0 cm³/mol. The molecule has 2 rings (SSSR count). The maximum atomic E-state index is 13.2. The Kier molecular flexibility index (Phi) is 3.96. The van der Waals surface area contributed by atoms with E-state index >= 15 is 0 Å². The van der Waals surface area contributed by atoms with Crippen LogP contribution in [0.4, 0.5) is 10.1 Å². The highest BCUT2D eigenvalue weighted by Crippen LogP contribution is 2.27. The lowest BCUT2D eigenvalue weighted by Gasteiger charge is -2.02. The summed E-state index contributed by atoms with van der Waals surface area (Å²) in [7, 11) is 0. The molecule has 5 nitrogen and oxygen atoms in total. The molecule has 0 amide bonds. The Bertz CT molecular complexity index is 600. The zero-order valence-electron chi connectivity index (χ0n) is 10.1. The number of carbonyl (C=O) groups is 1. The summed E-state index contributed by atoms with van der Waals surface area (Å²) in [5.74, 6) is -0.826. The van der Waals surface area contributed by atoms with E-state index in [4.69, 9.17) is 15.2 Å². The van der Waals surface area contributed by atoms with Gasteiger partial charge in [-0.15, -0.1) is 0 Å². The second-order valence-electron chi connectivity index (χ2n) is 3.50. The molecular formula is C12H11FN2O3S. The molecule has 0 aliphatic rings. The van der Waals surface area contributed by atoms with Crippen LogP contribution in [0.3, 0.4) is 0 Å². The summed E-state index contributed by atoms with van der Waals surface area (Å²) in [6.45, 7) is 1.98. The van der Waals surface area contributed by atoms with Gasteiger partial charge in [0.25, 0.3) is 5.19 Å². The van der Waals surface area contributed by atoms with Crippen LogP contribution in [0, 0.1) is 5.82 Å². The van der Waals surface area contributed by atoms with E-state index in [1.807, 2.05) is 0 Å². The zero-order chi connectivity index (χ0) is 13.8. The Morgan fingerprint density at radius 3 is 3.00 bits per heavy atom. The van der Waals surface area contributed by atoms with E-state index < -0.39 is 11.8 Å². The van der Waals surface area contributed by atoms with Crippen LogP contribution in [0.5, 0.6) is 10.9 Å². The van der Waals surface area contributed by atoms with Gasteiger partial charge in [-0.1, -0.05) is 11.3 Å². The Hall–Kier alpha value is -2.15. The molecule has 0 spiro atoms. The van der Waals surface area contributed by atoms with Gasteiger partial charge < -0.3 is 15.2 Å². The van der Waals surface area contributed by atoms with E-state index in [1.54, 1.807) is 6.92 Å². The van der Waals surface area contributed by atoms with Gasteiger partial charge >= 0.3 is 5.97 Å². The molecule has 0 saturated carbocycles. The van der Waals surface area contributed by atoms with Gasteiger partial charge in [0.15, 0.2) is 5.69 Å². The first kappa shape index (κ1) is 13.3. The van der Waals surface area contributed by atoms with Crippen molar-refractivity contribution >= 4 is 23.0 Å². The number of rotatable bonds is 4. The van der Waals surface area contributed by atoms with Crippen molar-refractivity contribution in [1.82, 2.24) is 4.98 Å². The highest BCUT2D eigenvalue weighted by molar-refractivity contribution is 7.11. The number of anilines is 1. The van der Waals surface area contributed by atoms with Crippen LogP contribution in [0.2, 0.25) is 0 Å². The molecule has 2 aromatic rings. The van der Waals surface area contributed by atoms with Crippen LogP contribution in [0.1, 0.15) is 17.4 Å².